The molecule has 0 unspecified atom stereocenters. The average Bonchev–Trinajstić information content (AvgIpc) is 2.92. The molecule has 3 aromatic rings. The van der Waals surface area contributed by atoms with E-state index in [0.717, 1.165) is 5.56 Å². The number of nitrogens with one attached hydrogen (secondary N) is 4. The Morgan fingerprint density at radius 1 is 0.947 bits per heavy atom. The van der Waals surface area contributed by atoms with E-state index in [1.807, 2.05) is 37.3 Å². The summed E-state index contributed by atoms with van der Waals surface area (Å²) in [5.74, 6) is 0.618. The van der Waals surface area contributed by atoms with Crippen molar-refractivity contribution in [3.8, 4) is 17.2 Å². The van der Waals surface area contributed by atoms with Crippen LogP contribution in [0, 0.1) is 5.41 Å². The molecule has 1 atom stereocenters. The molecule has 0 fully saturated rings. The smallest absolute Gasteiger partial charge is 0.243 e. The molecule has 0 spiro atoms. The number of aromatic nitrogens is 1. The summed E-state index contributed by atoms with van der Waals surface area (Å²) >= 11 is 0. The van der Waals surface area contributed by atoms with E-state index in [-0.39, 0.29) is 24.8 Å². The van der Waals surface area contributed by atoms with Crippen molar-refractivity contribution >= 4 is 17.8 Å². The van der Waals surface area contributed by atoms with Gasteiger partial charge in [-0.05, 0) is 42.3 Å². The topological polar surface area (TPSA) is 135 Å². The first-order valence-electron chi connectivity index (χ1n) is 12.2. The van der Waals surface area contributed by atoms with Crippen molar-refractivity contribution in [3.63, 3.8) is 0 Å². The van der Waals surface area contributed by atoms with Crippen LogP contribution in [0.1, 0.15) is 23.7 Å². The summed E-state index contributed by atoms with van der Waals surface area (Å²) in [5, 5.41) is 16.5. The number of benzene rings is 2. The highest BCUT2D eigenvalue weighted by atomic mass is 16.5. The quantitative estimate of drug-likeness (QED) is 0.213. The predicted octanol–water partition coefficient (Wildman–Crippen LogP) is 2.61. The highest BCUT2D eigenvalue weighted by molar-refractivity contribution is 5.98. The van der Waals surface area contributed by atoms with E-state index >= 15 is 0 Å². The Morgan fingerprint density at radius 3 is 2.42 bits per heavy atom. The zero-order chi connectivity index (χ0) is 27.3. The second-order valence-corrected chi connectivity index (χ2v) is 8.27. The van der Waals surface area contributed by atoms with Gasteiger partial charge >= 0.3 is 0 Å². The maximum absolute atomic E-state index is 13.2. The molecular weight excluding hydrogens is 486 g/mol. The fourth-order valence-corrected chi connectivity index (χ4v) is 3.77. The van der Waals surface area contributed by atoms with Crippen LogP contribution in [0.4, 0.5) is 0 Å². The molecular formula is C28H33N5O5. The number of hydrogen-bond donors (Lipinski definition) is 4. The van der Waals surface area contributed by atoms with Crippen molar-refractivity contribution < 1.29 is 23.8 Å². The molecule has 0 aliphatic carbocycles. The number of amides is 2. The number of carbonyl (C=O) groups excluding carboxylic acids is 2. The molecule has 10 nitrogen and oxygen atoms in total. The molecule has 0 aliphatic heterocycles. The van der Waals surface area contributed by atoms with E-state index in [9.17, 15) is 9.59 Å². The second kappa shape index (κ2) is 14.2. The average molecular weight is 520 g/mol. The Morgan fingerprint density at radius 2 is 1.71 bits per heavy atom. The molecule has 0 saturated heterocycles. The third-order valence-corrected chi connectivity index (χ3v) is 5.57. The molecule has 2 amide bonds. The lowest BCUT2D eigenvalue weighted by atomic mass is 10.1. The molecule has 10 heteroatoms. The summed E-state index contributed by atoms with van der Waals surface area (Å²) < 4.78 is 16.1. The van der Waals surface area contributed by atoms with Gasteiger partial charge in [-0.25, -0.2) is 0 Å². The largest absolute Gasteiger partial charge is 0.493 e. The van der Waals surface area contributed by atoms with Crippen molar-refractivity contribution in [1.29, 1.82) is 5.41 Å². The predicted molar refractivity (Wildman–Crippen MR) is 143 cm³/mol. The van der Waals surface area contributed by atoms with Gasteiger partial charge in [0.25, 0.3) is 0 Å². The Bertz CT molecular complexity index is 1240. The molecule has 3 rings (SSSR count). The van der Waals surface area contributed by atoms with E-state index in [1.54, 1.807) is 36.5 Å². The zero-order valence-electron chi connectivity index (χ0n) is 21.7. The maximum Gasteiger partial charge on any atom is 0.243 e. The number of ether oxygens (including phenoxy) is 3. The number of guanidine groups is 1. The van der Waals surface area contributed by atoms with Crippen LogP contribution in [0.5, 0.6) is 17.2 Å². The number of rotatable bonds is 12. The Hall–Kier alpha value is -4.60. The Labute approximate surface area is 222 Å². The normalized spacial score (nSPS) is 11.1. The summed E-state index contributed by atoms with van der Waals surface area (Å²) in [4.78, 5) is 30.1. The first-order chi connectivity index (χ1) is 18.4. The van der Waals surface area contributed by atoms with E-state index in [0.29, 0.717) is 41.5 Å². The van der Waals surface area contributed by atoms with Gasteiger partial charge in [0, 0.05) is 12.6 Å². The summed E-state index contributed by atoms with van der Waals surface area (Å²) in [5.41, 5.74) is 2.18. The molecule has 0 saturated carbocycles. The number of nitrogens with zero attached hydrogens (tertiary/aromatic N) is 1. The Balaban J connectivity index is 1.64. The van der Waals surface area contributed by atoms with E-state index in [1.165, 1.54) is 14.2 Å². The second-order valence-electron chi connectivity index (χ2n) is 8.27. The summed E-state index contributed by atoms with van der Waals surface area (Å²) in [7, 11) is 3.05. The van der Waals surface area contributed by atoms with Gasteiger partial charge < -0.3 is 24.8 Å². The Kier molecular flexibility index (Phi) is 10.5. The van der Waals surface area contributed by atoms with Crippen LogP contribution in [-0.2, 0) is 29.0 Å². The molecule has 0 radical (unpaired) electrons. The van der Waals surface area contributed by atoms with Crippen LogP contribution >= 0.6 is 0 Å². The number of pyridine rings is 1. The van der Waals surface area contributed by atoms with Crippen LogP contribution in [0.2, 0.25) is 0 Å². The van der Waals surface area contributed by atoms with E-state index < -0.39 is 11.9 Å². The summed E-state index contributed by atoms with van der Waals surface area (Å²) in [6, 6.07) is 17.3. The number of hydrogen-bond acceptors (Lipinski definition) is 7. The van der Waals surface area contributed by atoms with E-state index in [2.05, 4.69) is 20.9 Å². The molecule has 4 N–H and O–H groups in total. The minimum atomic E-state index is -0.814. The standard InChI is InChI=1S/C28H33N5O5/c1-4-38-23-11-8-14-30-22(23)18-31-27(35)21(15-19-9-6-5-7-10-19)32-28(29)33-26(34)17-20-12-13-24(36-2)25(16-20)37-3/h5-14,16,21H,4,15,17-18H2,1-3H3,(H,31,35)(H3,29,32,33,34)/t21-/m1/s1. The van der Waals surface area contributed by atoms with Crippen molar-refractivity contribution in [2.75, 3.05) is 20.8 Å². The molecule has 1 heterocycles. The third kappa shape index (κ3) is 8.22. The van der Waals surface area contributed by atoms with Crippen molar-refractivity contribution in [2.45, 2.75) is 32.4 Å². The maximum atomic E-state index is 13.2. The fraction of sp³-hybridized carbons (Fsp3) is 0.286. The van der Waals surface area contributed by atoms with Gasteiger partial charge in [-0.3, -0.25) is 25.3 Å². The first kappa shape index (κ1) is 28.0. The molecule has 200 valence electrons. The molecule has 38 heavy (non-hydrogen) atoms. The van der Waals surface area contributed by atoms with Gasteiger partial charge in [-0.2, -0.15) is 0 Å². The lowest BCUT2D eigenvalue weighted by molar-refractivity contribution is -0.123. The van der Waals surface area contributed by atoms with Crippen LogP contribution in [0.25, 0.3) is 0 Å². The van der Waals surface area contributed by atoms with Gasteiger partial charge in [-0.15, -0.1) is 0 Å². The van der Waals surface area contributed by atoms with Crippen LogP contribution in [0.3, 0.4) is 0 Å². The summed E-state index contributed by atoms with van der Waals surface area (Å²) in [6.45, 7) is 2.51. The van der Waals surface area contributed by atoms with Crippen molar-refractivity contribution in [2.24, 2.45) is 0 Å². The van der Waals surface area contributed by atoms with Crippen LogP contribution in [-0.4, -0.2) is 49.6 Å². The fourth-order valence-electron chi connectivity index (χ4n) is 3.77. The number of carbonyl (C=O) groups is 2. The highest BCUT2D eigenvalue weighted by Crippen LogP contribution is 2.27. The van der Waals surface area contributed by atoms with Crippen molar-refractivity contribution in [3.05, 3.63) is 83.7 Å². The van der Waals surface area contributed by atoms with Gasteiger partial charge in [-0.1, -0.05) is 36.4 Å². The van der Waals surface area contributed by atoms with Gasteiger partial charge in [0.2, 0.25) is 11.8 Å². The minimum Gasteiger partial charge on any atom is -0.493 e. The monoisotopic (exact) mass is 519 g/mol. The molecule has 1 aromatic heterocycles. The van der Waals surface area contributed by atoms with E-state index in [4.69, 9.17) is 19.6 Å². The first-order valence-corrected chi connectivity index (χ1v) is 12.2. The molecule has 2 aromatic carbocycles. The SMILES string of the molecule is CCOc1cccnc1CNC(=O)[C@@H](Cc1ccccc1)NC(=N)NC(=O)Cc1ccc(OC)c(OC)c1. The highest BCUT2D eigenvalue weighted by Gasteiger charge is 2.21. The van der Waals surface area contributed by atoms with Crippen LogP contribution in [0.15, 0.2) is 66.9 Å². The van der Waals surface area contributed by atoms with Crippen LogP contribution < -0.4 is 30.2 Å². The lowest BCUT2D eigenvalue weighted by Crippen LogP contribution is -2.52. The number of methoxy groups -OCH3 is 2. The molecule has 0 bridgehead atoms. The zero-order valence-corrected chi connectivity index (χ0v) is 21.7. The van der Waals surface area contributed by atoms with Gasteiger partial charge in [0.15, 0.2) is 17.5 Å². The summed E-state index contributed by atoms with van der Waals surface area (Å²) in [6.07, 6.45) is 1.95. The minimum absolute atomic E-state index is 0.0137. The van der Waals surface area contributed by atoms with Gasteiger partial charge in [0.05, 0.1) is 33.8 Å². The lowest BCUT2D eigenvalue weighted by Gasteiger charge is -2.20. The van der Waals surface area contributed by atoms with Gasteiger partial charge in [0.1, 0.15) is 17.5 Å². The van der Waals surface area contributed by atoms with Crippen molar-refractivity contribution in [1.82, 2.24) is 20.9 Å². The third-order valence-electron chi connectivity index (χ3n) is 5.57. The molecule has 0 aliphatic rings.